The summed E-state index contributed by atoms with van der Waals surface area (Å²) >= 11 is 2.68. The quantitative estimate of drug-likeness (QED) is 0.136. The van der Waals surface area contributed by atoms with Gasteiger partial charge in [0.1, 0.15) is 5.70 Å². The van der Waals surface area contributed by atoms with E-state index in [4.69, 9.17) is 14.2 Å². The van der Waals surface area contributed by atoms with Crippen LogP contribution >= 0.6 is 23.1 Å². The van der Waals surface area contributed by atoms with Gasteiger partial charge in [-0.1, -0.05) is 24.3 Å². The molecular weight excluding hydrogens is 588 g/mol. The van der Waals surface area contributed by atoms with Crippen molar-refractivity contribution in [2.75, 3.05) is 32.0 Å². The third kappa shape index (κ3) is 8.37. The maximum atomic E-state index is 13.6. The summed E-state index contributed by atoms with van der Waals surface area (Å²) in [4.78, 5) is 44.1. The molecule has 0 radical (unpaired) electrons. The highest BCUT2D eigenvalue weighted by Crippen LogP contribution is 2.38. The molecule has 3 amide bonds. The Bertz CT molecular complexity index is 1580. The summed E-state index contributed by atoms with van der Waals surface area (Å²) in [6.45, 7) is 1.79. The standard InChI is InChI=1S/C31H30N4O6S2/c1-19(28(36)35-31-32-13-14-42-31)43-23-12-8-11-22(18-23)33-30(38)24(34-29(37)21-9-6-5-7-10-21)15-20-16-25(39-2)27(41-4)26(17-20)40-3/h5-19H,1-4H3,(H,33,38)(H,34,37)(H,32,35,36)/b24-15+. The van der Waals surface area contributed by atoms with Crippen LogP contribution in [0.2, 0.25) is 0 Å². The number of thiazole rings is 1. The summed E-state index contributed by atoms with van der Waals surface area (Å²) in [6.07, 6.45) is 3.14. The predicted octanol–water partition coefficient (Wildman–Crippen LogP) is 5.70. The number of ether oxygens (including phenoxy) is 3. The molecule has 4 aromatic rings. The van der Waals surface area contributed by atoms with Gasteiger partial charge < -0.3 is 30.2 Å². The number of aromatic nitrogens is 1. The lowest BCUT2D eigenvalue weighted by atomic mass is 10.1. The van der Waals surface area contributed by atoms with E-state index in [0.29, 0.717) is 39.2 Å². The fourth-order valence-electron chi connectivity index (χ4n) is 3.89. The second kappa shape index (κ2) is 14.9. The van der Waals surface area contributed by atoms with E-state index in [1.165, 1.54) is 50.5 Å². The molecule has 12 heteroatoms. The van der Waals surface area contributed by atoms with Crippen LogP contribution < -0.4 is 30.2 Å². The number of rotatable bonds is 12. The van der Waals surface area contributed by atoms with Gasteiger partial charge in [0, 0.05) is 27.7 Å². The predicted molar refractivity (Wildman–Crippen MR) is 169 cm³/mol. The van der Waals surface area contributed by atoms with Crippen molar-refractivity contribution < 1.29 is 28.6 Å². The fraction of sp³-hybridized carbons (Fsp3) is 0.161. The molecule has 0 aliphatic carbocycles. The Morgan fingerprint density at radius 2 is 1.63 bits per heavy atom. The molecule has 3 N–H and O–H groups in total. The van der Waals surface area contributed by atoms with Gasteiger partial charge in [0.25, 0.3) is 11.8 Å². The lowest BCUT2D eigenvalue weighted by Gasteiger charge is -2.15. The third-order valence-corrected chi connectivity index (χ3v) is 7.75. The van der Waals surface area contributed by atoms with Crippen molar-refractivity contribution in [3.8, 4) is 17.2 Å². The molecule has 43 heavy (non-hydrogen) atoms. The zero-order chi connectivity index (χ0) is 30.8. The van der Waals surface area contributed by atoms with E-state index >= 15 is 0 Å². The van der Waals surface area contributed by atoms with Gasteiger partial charge in [-0.15, -0.1) is 23.1 Å². The number of nitrogens with zero attached hydrogens (tertiary/aromatic N) is 1. The Balaban J connectivity index is 1.58. The Morgan fingerprint density at radius 3 is 2.26 bits per heavy atom. The summed E-state index contributed by atoms with van der Waals surface area (Å²) in [7, 11) is 4.48. The molecule has 1 heterocycles. The van der Waals surface area contributed by atoms with Gasteiger partial charge in [0.2, 0.25) is 11.7 Å². The molecule has 0 fully saturated rings. The number of thioether (sulfide) groups is 1. The minimum atomic E-state index is -0.560. The molecular formula is C31H30N4O6S2. The van der Waals surface area contributed by atoms with Crippen molar-refractivity contribution in [1.82, 2.24) is 10.3 Å². The first-order valence-corrected chi connectivity index (χ1v) is 14.7. The molecule has 0 aliphatic heterocycles. The van der Waals surface area contributed by atoms with Gasteiger partial charge in [0.15, 0.2) is 16.6 Å². The van der Waals surface area contributed by atoms with Gasteiger partial charge in [-0.2, -0.15) is 0 Å². The minimum absolute atomic E-state index is 0.0163. The van der Waals surface area contributed by atoms with Crippen molar-refractivity contribution >= 4 is 57.7 Å². The highest BCUT2D eigenvalue weighted by atomic mass is 32.2. The largest absolute Gasteiger partial charge is 0.493 e. The zero-order valence-corrected chi connectivity index (χ0v) is 25.5. The SMILES string of the molecule is COc1cc(/C=C(/NC(=O)c2ccccc2)C(=O)Nc2cccc(SC(C)C(=O)Nc3nccs3)c2)cc(OC)c1OC. The Labute approximate surface area is 257 Å². The van der Waals surface area contributed by atoms with E-state index in [1.807, 2.05) is 6.07 Å². The van der Waals surface area contributed by atoms with Gasteiger partial charge in [-0.25, -0.2) is 4.98 Å². The van der Waals surface area contributed by atoms with Crippen LogP contribution in [0.4, 0.5) is 10.8 Å². The van der Waals surface area contributed by atoms with E-state index in [2.05, 4.69) is 20.9 Å². The Hall–Kier alpha value is -4.81. The molecule has 1 atom stereocenters. The van der Waals surface area contributed by atoms with Gasteiger partial charge in [0.05, 0.1) is 26.6 Å². The molecule has 4 rings (SSSR count). The van der Waals surface area contributed by atoms with E-state index in [1.54, 1.807) is 79.2 Å². The van der Waals surface area contributed by atoms with Crippen molar-refractivity contribution in [3.63, 3.8) is 0 Å². The maximum absolute atomic E-state index is 13.6. The third-order valence-electron chi connectivity index (χ3n) is 5.96. The fourth-order valence-corrected chi connectivity index (χ4v) is 5.35. The summed E-state index contributed by atoms with van der Waals surface area (Å²) in [5.41, 5.74) is 1.37. The van der Waals surface area contributed by atoms with E-state index in [9.17, 15) is 14.4 Å². The smallest absolute Gasteiger partial charge is 0.272 e. The number of amides is 3. The minimum Gasteiger partial charge on any atom is -0.493 e. The molecule has 222 valence electrons. The van der Waals surface area contributed by atoms with Crippen LogP contribution in [0.1, 0.15) is 22.8 Å². The molecule has 0 bridgehead atoms. The molecule has 1 unspecified atom stereocenters. The van der Waals surface area contributed by atoms with Crippen LogP contribution in [0.15, 0.2) is 88.9 Å². The highest BCUT2D eigenvalue weighted by Gasteiger charge is 2.19. The summed E-state index contributed by atoms with van der Waals surface area (Å²) in [6, 6.07) is 19.0. The van der Waals surface area contributed by atoms with Crippen LogP contribution in [0, 0.1) is 0 Å². The first-order chi connectivity index (χ1) is 20.8. The van der Waals surface area contributed by atoms with Crippen molar-refractivity contribution in [3.05, 3.63) is 95.1 Å². The number of nitrogens with one attached hydrogen (secondary N) is 3. The second-order valence-electron chi connectivity index (χ2n) is 8.91. The topological polar surface area (TPSA) is 128 Å². The average molecular weight is 619 g/mol. The first kappa shape index (κ1) is 31.1. The van der Waals surface area contributed by atoms with Crippen LogP contribution in [0.3, 0.4) is 0 Å². The van der Waals surface area contributed by atoms with Gasteiger partial charge in [-0.3, -0.25) is 14.4 Å². The zero-order valence-electron chi connectivity index (χ0n) is 23.9. The van der Waals surface area contributed by atoms with E-state index in [-0.39, 0.29) is 11.6 Å². The Morgan fingerprint density at radius 1 is 0.907 bits per heavy atom. The maximum Gasteiger partial charge on any atom is 0.272 e. The molecule has 0 saturated heterocycles. The van der Waals surface area contributed by atoms with Crippen LogP contribution in [-0.4, -0.2) is 49.3 Å². The second-order valence-corrected chi connectivity index (χ2v) is 11.2. The van der Waals surface area contributed by atoms with Crippen LogP contribution in [-0.2, 0) is 9.59 Å². The number of carbonyl (C=O) groups is 3. The number of hydrogen-bond acceptors (Lipinski definition) is 9. The summed E-state index contributed by atoms with van der Waals surface area (Å²) in [5.74, 6) is -0.0348. The normalized spacial score (nSPS) is 11.7. The molecule has 1 aromatic heterocycles. The lowest BCUT2D eigenvalue weighted by molar-refractivity contribution is -0.115. The van der Waals surface area contributed by atoms with Crippen molar-refractivity contribution in [1.29, 1.82) is 0 Å². The van der Waals surface area contributed by atoms with Gasteiger partial charge >= 0.3 is 0 Å². The summed E-state index contributed by atoms with van der Waals surface area (Å²) < 4.78 is 16.3. The molecule has 3 aromatic carbocycles. The van der Waals surface area contributed by atoms with E-state index < -0.39 is 17.1 Å². The highest BCUT2D eigenvalue weighted by molar-refractivity contribution is 8.00. The summed E-state index contributed by atoms with van der Waals surface area (Å²) in [5, 5.41) is 10.2. The number of hydrogen-bond donors (Lipinski definition) is 3. The number of anilines is 2. The van der Waals surface area contributed by atoms with E-state index in [0.717, 1.165) is 4.90 Å². The van der Waals surface area contributed by atoms with Crippen molar-refractivity contribution in [2.24, 2.45) is 0 Å². The average Bonchev–Trinajstić information content (AvgIpc) is 3.53. The molecule has 10 nitrogen and oxygen atoms in total. The number of carbonyl (C=O) groups excluding carboxylic acids is 3. The first-order valence-electron chi connectivity index (χ1n) is 13.0. The molecule has 0 saturated carbocycles. The van der Waals surface area contributed by atoms with Gasteiger partial charge in [-0.05, 0) is 61.0 Å². The van der Waals surface area contributed by atoms with Crippen LogP contribution in [0.5, 0.6) is 17.2 Å². The number of benzene rings is 3. The molecule has 0 aliphatic rings. The monoisotopic (exact) mass is 618 g/mol. The Kier molecular flexibility index (Phi) is 10.8. The number of methoxy groups -OCH3 is 3. The molecule has 0 spiro atoms. The lowest BCUT2D eigenvalue weighted by Crippen LogP contribution is -2.30. The van der Waals surface area contributed by atoms with Crippen LogP contribution in [0.25, 0.3) is 6.08 Å². The van der Waals surface area contributed by atoms with Crippen molar-refractivity contribution in [2.45, 2.75) is 17.1 Å².